The zero-order valence-electron chi connectivity index (χ0n) is 8.38. The number of anilines is 1. The van der Waals surface area contributed by atoms with Crippen LogP contribution in [-0.4, -0.2) is 32.0 Å². The molecule has 1 aromatic rings. The Morgan fingerprint density at radius 2 is 2.31 bits per heavy atom. The third kappa shape index (κ3) is 2.35. The SMILES string of the molecule is Nc1ccsc1C(=O)OC1CCS(=O)(=O)C1. The van der Waals surface area contributed by atoms with Crippen molar-refractivity contribution in [2.75, 3.05) is 17.2 Å². The molecule has 0 amide bonds. The van der Waals surface area contributed by atoms with Crippen LogP contribution in [0.4, 0.5) is 5.69 Å². The summed E-state index contributed by atoms with van der Waals surface area (Å²) in [5.74, 6) is -0.524. The van der Waals surface area contributed by atoms with Crippen LogP contribution in [0.15, 0.2) is 11.4 Å². The van der Waals surface area contributed by atoms with Crippen LogP contribution >= 0.6 is 11.3 Å². The summed E-state index contributed by atoms with van der Waals surface area (Å²) < 4.78 is 27.4. The van der Waals surface area contributed by atoms with Gasteiger partial charge in [0, 0.05) is 0 Å². The minimum atomic E-state index is -3.03. The highest BCUT2D eigenvalue weighted by molar-refractivity contribution is 7.91. The lowest BCUT2D eigenvalue weighted by Crippen LogP contribution is -2.19. The third-order valence-electron chi connectivity index (χ3n) is 2.35. The lowest BCUT2D eigenvalue weighted by Gasteiger charge is -2.09. The molecule has 1 atom stereocenters. The number of hydrogen-bond acceptors (Lipinski definition) is 6. The summed E-state index contributed by atoms with van der Waals surface area (Å²) >= 11 is 1.19. The van der Waals surface area contributed by atoms with E-state index >= 15 is 0 Å². The van der Waals surface area contributed by atoms with Crippen molar-refractivity contribution in [1.82, 2.24) is 0 Å². The van der Waals surface area contributed by atoms with Gasteiger partial charge in [0.05, 0.1) is 17.2 Å². The Labute approximate surface area is 97.1 Å². The van der Waals surface area contributed by atoms with Gasteiger partial charge in [0.2, 0.25) is 0 Å². The Morgan fingerprint density at radius 3 is 2.81 bits per heavy atom. The summed E-state index contributed by atoms with van der Waals surface area (Å²) in [4.78, 5) is 11.9. The van der Waals surface area contributed by atoms with Crippen LogP contribution in [0.1, 0.15) is 16.1 Å². The zero-order valence-corrected chi connectivity index (χ0v) is 10.0. The number of ether oxygens (including phenoxy) is 1. The standard InChI is InChI=1S/C9H11NO4S2/c10-7-1-3-15-8(7)9(11)14-6-2-4-16(12,13)5-6/h1,3,6H,2,4-5,10H2. The molecule has 0 bridgehead atoms. The molecule has 88 valence electrons. The largest absolute Gasteiger partial charge is 0.457 e. The molecular formula is C9H11NO4S2. The van der Waals surface area contributed by atoms with Gasteiger partial charge in [-0.1, -0.05) is 0 Å². The van der Waals surface area contributed by atoms with Gasteiger partial charge >= 0.3 is 5.97 Å². The average Bonchev–Trinajstić information content (AvgIpc) is 2.72. The van der Waals surface area contributed by atoms with E-state index in [4.69, 9.17) is 10.5 Å². The van der Waals surface area contributed by atoms with Gasteiger partial charge in [-0.15, -0.1) is 11.3 Å². The first-order chi connectivity index (χ1) is 7.48. The molecular weight excluding hydrogens is 250 g/mol. The number of sulfone groups is 1. The first-order valence-electron chi connectivity index (χ1n) is 4.72. The predicted octanol–water partition coefficient (Wildman–Crippen LogP) is 0.674. The molecule has 16 heavy (non-hydrogen) atoms. The van der Waals surface area contributed by atoms with Crippen LogP contribution in [-0.2, 0) is 14.6 Å². The summed E-state index contributed by atoms with van der Waals surface area (Å²) in [7, 11) is -3.03. The first kappa shape index (κ1) is 11.4. The molecule has 2 rings (SSSR count). The van der Waals surface area contributed by atoms with Gasteiger partial charge < -0.3 is 10.5 Å². The van der Waals surface area contributed by atoms with E-state index in [2.05, 4.69) is 0 Å². The van der Waals surface area contributed by atoms with Crippen molar-refractivity contribution in [1.29, 1.82) is 0 Å². The lowest BCUT2D eigenvalue weighted by molar-refractivity contribution is 0.0363. The summed E-state index contributed by atoms with van der Waals surface area (Å²) in [6.07, 6.45) is -0.154. The van der Waals surface area contributed by atoms with Crippen LogP contribution in [0.5, 0.6) is 0 Å². The highest BCUT2D eigenvalue weighted by Crippen LogP contribution is 2.22. The van der Waals surface area contributed by atoms with Crippen LogP contribution in [0.2, 0.25) is 0 Å². The summed E-state index contributed by atoms with van der Waals surface area (Å²) in [6.45, 7) is 0. The van der Waals surface area contributed by atoms with Crippen LogP contribution in [0.3, 0.4) is 0 Å². The van der Waals surface area contributed by atoms with Crippen LogP contribution in [0, 0.1) is 0 Å². The number of nitrogens with two attached hydrogens (primary N) is 1. The lowest BCUT2D eigenvalue weighted by atomic mass is 10.3. The summed E-state index contributed by atoms with van der Waals surface area (Å²) in [6, 6.07) is 1.62. The summed E-state index contributed by atoms with van der Waals surface area (Å²) in [5, 5.41) is 1.69. The minimum absolute atomic E-state index is 0.0793. The van der Waals surface area contributed by atoms with Crippen molar-refractivity contribution < 1.29 is 17.9 Å². The van der Waals surface area contributed by atoms with Gasteiger partial charge in [0.1, 0.15) is 11.0 Å². The average molecular weight is 261 g/mol. The van der Waals surface area contributed by atoms with Gasteiger partial charge in [-0.05, 0) is 17.9 Å². The molecule has 1 unspecified atom stereocenters. The van der Waals surface area contributed by atoms with Crippen molar-refractivity contribution in [3.8, 4) is 0 Å². The van der Waals surface area contributed by atoms with Crippen molar-refractivity contribution in [3.63, 3.8) is 0 Å². The Morgan fingerprint density at radius 1 is 1.56 bits per heavy atom. The van der Waals surface area contributed by atoms with Gasteiger partial charge in [-0.2, -0.15) is 0 Å². The van der Waals surface area contributed by atoms with E-state index in [1.165, 1.54) is 11.3 Å². The number of thiophene rings is 1. The maximum Gasteiger partial charge on any atom is 0.350 e. The number of rotatable bonds is 2. The van der Waals surface area contributed by atoms with Crippen LogP contribution < -0.4 is 5.73 Å². The second-order valence-corrected chi connectivity index (χ2v) is 6.78. The molecule has 1 aliphatic rings. The second kappa shape index (κ2) is 4.06. The van der Waals surface area contributed by atoms with E-state index in [1.54, 1.807) is 11.4 Å². The van der Waals surface area contributed by atoms with E-state index in [1.807, 2.05) is 0 Å². The van der Waals surface area contributed by atoms with E-state index in [-0.39, 0.29) is 11.5 Å². The maximum absolute atomic E-state index is 11.6. The highest BCUT2D eigenvalue weighted by atomic mass is 32.2. The maximum atomic E-state index is 11.6. The monoisotopic (exact) mass is 261 g/mol. The normalized spacial score (nSPS) is 23.1. The molecule has 7 heteroatoms. The molecule has 1 saturated heterocycles. The fraction of sp³-hybridized carbons (Fsp3) is 0.444. The molecule has 1 aromatic heterocycles. The minimum Gasteiger partial charge on any atom is -0.457 e. The quantitative estimate of drug-likeness (QED) is 0.791. The number of carbonyl (C=O) groups excluding carboxylic acids is 1. The topological polar surface area (TPSA) is 86.5 Å². The Hall–Kier alpha value is -1.08. The van der Waals surface area contributed by atoms with E-state index < -0.39 is 21.9 Å². The first-order valence-corrected chi connectivity index (χ1v) is 7.42. The Kier molecular flexibility index (Phi) is 2.90. The van der Waals surface area contributed by atoms with E-state index in [0.29, 0.717) is 17.0 Å². The van der Waals surface area contributed by atoms with Gasteiger partial charge in [-0.25, -0.2) is 13.2 Å². The highest BCUT2D eigenvalue weighted by Gasteiger charge is 2.31. The number of esters is 1. The molecule has 2 N–H and O–H groups in total. The Bertz CT molecular complexity index is 505. The van der Waals surface area contributed by atoms with Crippen molar-refractivity contribution in [2.24, 2.45) is 0 Å². The molecule has 1 aliphatic heterocycles. The van der Waals surface area contributed by atoms with Gasteiger partial charge in [0.25, 0.3) is 0 Å². The van der Waals surface area contributed by atoms with Gasteiger partial charge in [0.15, 0.2) is 9.84 Å². The zero-order chi connectivity index (χ0) is 11.8. The van der Waals surface area contributed by atoms with Gasteiger partial charge in [-0.3, -0.25) is 0 Å². The van der Waals surface area contributed by atoms with Crippen molar-refractivity contribution in [2.45, 2.75) is 12.5 Å². The third-order valence-corrected chi connectivity index (χ3v) is 4.99. The summed E-state index contributed by atoms with van der Waals surface area (Å²) in [5.41, 5.74) is 5.93. The molecule has 0 aliphatic carbocycles. The molecule has 0 saturated carbocycles. The second-order valence-electron chi connectivity index (χ2n) is 3.64. The molecule has 1 fully saturated rings. The Balaban J connectivity index is 2.02. The molecule has 5 nitrogen and oxygen atoms in total. The molecule has 0 spiro atoms. The smallest absolute Gasteiger partial charge is 0.350 e. The van der Waals surface area contributed by atoms with Crippen molar-refractivity contribution >= 4 is 32.8 Å². The van der Waals surface area contributed by atoms with E-state index in [9.17, 15) is 13.2 Å². The predicted molar refractivity (Wildman–Crippen MR) is 61.2 cm³/mol. The molecule has 0 radical (unpaired) electrons. The van der Waals surface area contributed by atoms with E-state index in [0.717, 1.165) is 0 Å². The molecule has 0 aromatic carbocycles. The fourth-order valence-electron chi connectivity index (χ4n) is 1.54. The number of carbonyl (C=O) groups is 1. The number of nitrogen functional groups attached to an aromatic ring is 1. The number of hydrogen-bond donors (Lipinski definition) is 1. The fourth-order valence-corrected chi connectivity index (χ4v) is 3.83. The van der Waals surface area contributed by atoms with Crippen LogP contribution in [0.25, 0.3) is 0 Å². The van der Waals surface area contributed by atoms with Crippen molar-refractivity contribution in [3.05, 3.63) is 16.3 Å². The molecule has 2 heterocycles.